The topological polar surface area (TPSA) is 41.6 Å². The predicted octanol–water partition coefficient (Wildman–Crippen LogP) is 2.93. The molecule has 0 spiro atoms. The second kappa shape index (κ2) is 8.08. The largest absolute Gasteiger partial charge is 0.380 e. The molecule has 0 aliphatic heterocycles. The molecular weight excluding hydrogens is 296 g/mol. The van der Waals surface area contributed by atoms with E-state index >= 15 is 0 Å². The van der Waals surface area contributed by atoms with Gasteiger partial charge in [-0.2, -0.15) is 11.3 Å². The molecule has 4 nitrogen and oxygen atoms in total. The van der Waals surface area contributed by atoms with Crippen LogP contribution in [0, 0.1) is 0 Å². The fraction of sp³-hybridized carbons (Fsp3) is 0.353. The molecule has 1 heterocycles. The van der Waals surface area contributed by atoms with Crippen molar-refractivity contribution in [2.24, 2.45) is 0 Å². The molecule has 1 N–H and O–H groups in total. The van der Waals surface area contributed by atoms with E-state index in [4.69, 9.17) is 4.74 Å². The highest BCUT2D eigenvalue weighted by atomic mass is 32.1. The number of ether oxygens (including phenoxy) is 1. The van der Waals surface area contributed by atoms with Crippen LogP contribution in [0.2, 0.25) is 0 Å². The first-order valence-electron chi connectivity index (χ1n) is 7.16. The van der Waals surface area contributed by atoms with Crippen molar-refractivity contribution in [2.75, 3.05) is 27.7 Å². The molecule has 1 aromatic heterocycles. The van der Waals surface area contributed by atoms with Crippen LogP contribution in [0.5, 0.6) is 0 Å². The fourth-order valence-corrected chi connectivity index (χ4v) is 3.03. The third kappa shape index (κ3) is 4.40. The first-order chi connectivity index (χ1) is 10.6. The van der Waals surface area contributed by atoms with Crippen molar-refractivity contribution in [1.29, 1.82) is 0 Å². The number of benzene rings is 1. The van der Waals surface area contributed by atoms with Gasteiger partial charge in [-0.1, -0.05) is 12.1 Å². The molecule has 2 rings (SSSR count). The summed E-state index contributed by atoms with van der Waals surface area (Å²) in [7, 11) is 5.69. The van der Waals surface area contributed by atoms with Crippen molar-refractivity contribution in [1.82, 2.24) is 10.2 Å². The Balaban J connectivity index is 2.00. The van der Waals surface area contributed by atoms with E-state index in [9.17, 15) is 4.79 Å². The van der Waals surface area contributed by atoms with Crippen LogP contribution >= 0.6 is 11.3 Å². The van der Waals surface area contributed by atoms with Gasteiger partial charge >= 0.3 is 0 Å². The summed E-state index contributed by atoms with van der Waals surface area (Å²) in [5, 5.41) is 7.20. The second-order valence-corrected chi connectivity index (χ2v) is 6.16. The van der Waals surface area contributed by atoms with Gasteiger partial charge in [-0.3, -0.25) is 4.79 Å². The van der Waals surface area contributed by atoms with Gasteiger partial charge in [0.2, 0.25) is 0 Å². The van der Waals surface area contributed by atoms with E-state index < -0.39 is 0 Å². The van der Waals surface area contributed by atoms with Gasteiger partial charge in [0.05, 0.1) is 12.6 Å². The summed E-state index contributed by atoms with van der Waals surface area (Å²) >= 11 is 1.67. The van der Waals surface area contributed by atoms with Gasteiger partial charge in [0.1, 0.15) is 0 Å². The van der Waals surface area contributed by atoms with Crippen LogP contribution in [-0.4, -0.2) is 38.6 Å². The number of hydrogen-bond acceptors (Lipinski definition) is 4. The van der Waals surface area contributed by atoms with Crippen LogP contribution in [-0.2, 0) is 11.3 Å². The van der Waals surface area contributed by atoms with Gasteiger partial charge in [-0.05, 0) is 54.2 Å². The average molecular weight is 318 g/mol. The lowest BCUT2D eigenvalue weighted by Crippen LogP contribution is -2.34. The lowest BCUT2D eigenvalue weighted by molar-refractivity contribution is 0.0941. The Labute approximate surface area is 135 Å². The smallest absolute Gasteiger partial charge is 0.251 e. The Bertz CT molecular complexity index is 596. The van der Waals surface area contributed by atoms with E-state index in [-0.39, 0.29) is 11.9 Å². The maximum atomic E-state index is 12.3. The molecule has 2 aromatic rings. The van der Waals surface area contributed by atoms with Gasteiger partial charge in [0.15, 0.2) is 0 Å². The summed E-state index contributed by atoms with van der Waals surface area (Å²) in [6.07, 6.45) is 0. The van der Waals surface area contributed by atoms with Gasteiger partial charge < -0.3 is 15.0 Å². The van der Waals surface area contributed by atoms with E-state index in [0.717, 1.165) is 5.56 Å². The van der Waals surface area contributed by atoms with Crippen LogP contribution in [0.25, 0.3) is 0 Å². The minimum absolute atomic E-state index is 0.0555. The number of nitrogens with zero attached hydrogens (tertiary/aromatic N) is 1. The van der Waals surface area contributed by atoms with Gasteiger partial charge in [-0.15, -0.1) is 0 Å². The Kier molecular flexibility index (Phi) is 6.12. The van der Waals surface area contributed by atoms with Crippen LogP contribution in [0.1, 0.15) is 27.5 Å². The number of methoxy groups -OCH3 is 1. The van der Waals surface area contributed by atoms with Crippen molar-refractivity contribution in [2.45, 2.75) is 12.6 Å². The van der Waals surface area contributed by atoms with Crippen molar-refractivity contribution in [3.63, 3.8) is 0 Å². The van der Waals surface area contributed by atoms with E-state index in [1.54, 1.807) is 18.4 Å². The molecule has 0 saturated heterocycles. The van der Waals surface area contributed by atoms with Gasteiger partial charge in [-0.25, -0.2) is 0 Å². The summed E-state index contributed by atoms with van der Waals surface area (Å²) in [6.45, 7) is 1.09. The summed E-state index contributed by atoms with van der Waals surface area (Å²) in [5.74, 6) is -0.0555. The normalized spacial score (nSPS) is 12.4. The maximum Gasteiger partial charge on any atom is 0.251 e. The molecule has 0 aliphatic rings. The van der Waals surface area contributed by atoms with E-state index in [1.165, 1.54) is 5.56 Å². The lowest BCUT2D eigenvalue weighted by atomic mass is 10.1. The molecule has 1 atom stereocenters. The number of likely N-dealkylation sites (N-methyl/N-ethyl adjacent to an activating group) is 1. The van der Waals surface area contributed by atoms with Crippen molar-refractivity contribution >= 4 is 17.2 Å². The Morgan fingerprint density at radius 2 is 2.18 bits per heavy atom. The molecule has 0 saturated carbocycles. The zero-order chi connectivity index (χ0) is 15.9. The minimum atomic E-state index is -0.0555. The van der Waals surface area contributed by atoms with Crippen LogP contribution < -0.4 is 5.32 Å². The van der Waals surface area contributed by atoms with E-state index in [1.807, 2.05) is 38.4 Å². The third-order valence-electron chi connectivity index (χ3n) is 3.51. The number of nitrogens with one attached hydrogen (secondary N) is 1. The molecule has 0 bridgehead atoms. The Hall–Kier alpha value is -1.69. The molecule has 1 unspecified atom stereocenters. The molecule has 0 fully saturated rings. The number of carbonyl (C=O) groups is 1. The molecule has 22 heavy (non-hydrogen) atoms. The second-order valence-electron chi connectivity index (χ2n) is 5.38. The maximum absolute atomic E-state index is 12.3. The zero-order valence-corrected chi connectivity index (χ0v) is 14.0. The first-order valence-corrected chi connectivity index (χ1v) is 8.10. The first kappa shape index (κ1) is 16.7. The Morgan fingerprint density at radius 3 is 2.82 bits per heavy atom. The highest BCUT2D eigenvalue weighted by Gasteiger charge is 2.16. The lowest BCUT2D eigenvalue weighted by Gasteiger charge is -2.24. The van der Waals surface area contributed by atoms with Crippen molar-refractivity contribution in [3.8, 4) is 0 Å². The molecule has 0 radical (unpaired) electrons. The predicted molar refractivity (Wildman–Crippen MR) is 90.2 cm³/mol. The molecule has 1 amide bonds. The van der Waals surface area contributed by atoms with Crippen LogP contribution in [0.4, 0.5) is 0 Å². The SMILES string of the molecule is COCc1cccc(C(=O)NCC(c2ccsc2)N(C)C)c1. The summed E-state index contributed by atoms with van der Waals surface area (Å²) in [6, 6.07) is 9.80. The number of rotatable bonds is 7. The summed E-state index contributed by atoms with van der Waals surface area (Å²) < 4.78 is 5.10. The van der Waals surface area contributed by atoms with Crippen molar-refractivity contribution < 1.29 is 9.53 Å². The van der Waals surface area contributed by atoms with Crippen LogP contribution in [0.3, 0.4) is 0 Å². The fourth-order valence-electron chi connectivity index (χ4n) is 2.32. The standard InChI is InChI=1S/C17H22N2O2S/c1-19(2)16(15-7-8-22-12-15)10-18-17(20)14-6-4-5-13(9-14)11-21-3/h4-9,12,16H,10-11H2,1-3H3,(H,18,20). The number of thiophene rings is 1. The van der Waals surface area contributed by atoms with Crippen molar-refractivity contribution in [3.05, 3.63) is 57.8 Å². The highest BCUT2D eigenvalue weighted by Crippen LogP contribution is 2.20. The third-order valence-corrected chi connectivity index (χ3v) is 4.21. The Morgan fingerprint density at radius 1 is 1.36 bits per heavy atom. The number of carbonyl (C=O) groups excluding carboxylic acids is 1. The molecule has 0 aliphatic carbocycles. The van der Waals surface area contributed by atoms with E-state index in [2.05, 4.69) is 27.0 Å². The monoisotopic (exact) mass is 318 g/mol. The summed E-state index contributed by atoms with van der Waals surface area (Å²) in [5.41, 5.74) is 2.89. The zero-order valence-electron chi connectivity index (χ0n) is 13.2. The number of hydrogen-bond donors (Lipinski definition) is 1. The number of amides is 1. The highest BCUT2D eigenvalue weighted by molar-refractivity contribution is 7.07. The molecule has 5 heteroatoms. The molecular formula is C17H22N2O2S. The minimum Gasteiger partial charge on any atom is -0.380 e. The van der Waals surface area contributed by atoms with Crippen LogP contribution in [0.15, 0.2) is 41.1 Å². The summed E-state index contributed by atoms with van der Waals surface area (Å²) in [4.78, 5) is 14.4. The van der Waals surface area contributed by atoms with Gasteiger partial charge in [0, 0.05) is 19.2 Å². The molecule has 1 aromatic carbocycles. The molecule has 118 valence electrons. The average Bonchev–Trinajstić information content (AvgIpc) is 3.01. The quantitative estimate of drug-likeness (QED) is 0.853. The van der Waals surface area contributed by atoms with Gasteiger partial charge in [0.25, 0.3) is 5.91 Å². The van der Waals surface area contributed by atoms with E-state index in [0.29, 0.717) is 18.7 Å².